The van der Waals surface area contributed by atoms with E-state index in [1.54, 1.807) is 0 Å². The van der Waals surface area contributed by atoms with Crippen molar-refractivity contribution in [2.75, 3.05) is 12.5 Å². The van der Waals surface area contributed by atoms with Crippen molar-refractivity contribution in [3.8, 4) is 0 Å². The molecule has 0 amide bonds. The summed E-state index contributed by atoms with van der Waals surface area (Å²) in [6.45, 7) is 2.91. The molecule has 1 heterocycles. The monoisotopic (exact) mass is 234 g/mol. The third kappa shape index (κ3) is 5.74. The Morgan fingerprint density at radius 1 is 1.13 bits per heavy atom. The zero-order chi connectivity index (χ0) is 10.9. The Kier molecular flexibility index (Phi) is 7.41. The molecule has 2 nitrogen and oxygen atoms in total. The average Bonchev–Trinajstić information content (AvgIpc) is 2.71. The summed E-state index contributed by atoms with van der Waals surface area (Å²) in [7, 11) is 0. The van der Waals surface area contributed by atoms with E-state index in [-0.39, 0.29) is 12.4 Å². The lowest BCUT2D eigenvalue weighted by molar-refractivity contribution is -0.0599. The molecule has 2 atom stereocenters. The highest BCUT2D eigenvalue weighted by Gasteiger charge is 2.24. The van der Waals surface area contributed by atoms with Crippen molar-refractivity contribution in [2.24, 2.45) is 0 Å². The summed E-state index contributed by atoms with van der Waals surface area (Å²) >= 11 is 5.69. The van der Waals surface area contributed by atoms with E-state index in [0.29, 0.717) is 12.5 Å². The quantitative estimate of drug-likeness (QED) is 0.471. The highest BCUT2D eigenvalue weighted by molar-refractivity contribution is 6.18. The van der Waals surface area contributed by atoms with Crippen LogP contribution in [0.15, 0.2) is 0 Å². The van der Waals surface area contributed by atoms with Crippen molar-refractivity contribution < 1.29 is 9.47 Å². The number of ether oxygens (including phenoxy) is 2. The Balaban J connectivity index is 1.88. The second kappa shape index (κ2) is 8.37. The molecule has 3 heteroatoms. The Morgan fingerprint density at radius 2 is 1.87 bits per heavy atom. The fourth-order valence-electron chi connectivity index (χ4n) is 1.83. The highest BCUT2D eigenvalue weighted by atomic mass is 35.5. The molecule has 0 radical (unpaired) electrons. The second-order valence-electron chi connectivity index (χ2n) is 4.23. The van der Waals surface area contributed by atoms with Gasteiger partial charge in [-0.05, 0) is 12.8 Å². The molecule has 90 valence electrons. The third-order valence-electron chi connectivity index (χ3n) is 2.78. The lowest BCUT2D eigenvalue weighted by atomic mass is 10.1. The van der Waals surface area contributed by atoms with E-state index in [9.17, 15) is 0 Å². The fourth-order valence-corrected chi connectivity index (χ4v) is 1.99. The molecule has 1 fully saturated rings. The molecule has 1 rings (SSSR count). The average molecular weight is 235 g/mol. The Morgan fingerprint density at radius 3 is 2.53 bits per heavy atom. The maximum absolute atomic E-state index is 5.69. The summed E-state index contributed by atoms with van der Waals surface area (Å²) < 4.78 is 11.1. The molecule has 0 unspecified atom stereocenters. The summed E-state index contributed by atoms with van der Waals surface area (Å²) in [5.74, 6) is 0.549. The molecule has 1 aliphatic heterocycles. The molecular formula is C12H23ClO2. The van der Waals surface area contributed by atoms with Gasteiger partial charge in [0.1, 0.15) is 0 Å². The SMILES string of the molecule is CCCCCCCC[C@H]1OC[C@H](CCl)O1. The molecule has 0 aromatic heterocycles. The highest BCUT2D eigenvalue weighted by Crippen LogP contribution is 2.18. The van der Waals surface area contributed by atoms with Gasteiger partial charge in [-0.2, -0.15) is 0 Å². The van der Waals surface area contributed by atoms with Gasteiger partial charge in [0.05, 0.1) is 18.6 Å². The van der Waals surface area contributed by atoms with Crippen LogP contribution >= 0.6 is 11.6 Å². The smallest absolute Gasteiger partial charge is 0.158 e. The first-order valence-electron chi connectivity index (χ1n) is 6.19. The molecule has 1 saturated heterocycles. The molecule has 0 bridgehead atoms. The fraction of sp³-hybridized carbons (Fsp3) is 1.00. The van der Waals surface area contributed by atoms with Crippen LogP contribution < -0.4 is 0 Å². The molecular weight excluding hydrogens is 212 g/mol. The van der Waals surface area contributed by atoms with Crippen LogP contribution in [0.4, 0.5) is 0 Å². The first-order valence-corrected chi connectivity index (χ1v) is 6.73. The summed E-state index contributed by atoms with van der Waals surface area (Å²) in [5, 5.41) is 0. The normalized spacial score (nSPS) is 26.0. The first kappa shape index (κ1) is 13.3. The minimum absolute atomic E-state index is 0.0138. The molecule has 0 saturated carbocycles. The Bertz CT molecular complexity index is 153. The maximum atomic E-state index is 5.69. The molecule has 0 N–H and O–H groups in total. The third-order valence-corrected chi connectivity index (χ3v) is 3.12. The van der Waals surface area contributed by atoms with E-state index in [1.165, 1.54) is 38.5 Å². The van der Waals surface area contributed by atoms with E-state index < -0.39 is 0 Å². The topological polar surface area (TPSA) is 18.5 Å². The van der Waals surface area contributed by atoms with Crippen molar-refractivity contribution >= 4 is 11.6 Å². The number of hydrogen-bond acceptors (Lipinski definition) is 2. The van der Waals surface area contributed by atoms with Gasteiger partial charge in [0.25, 0.3) is 0 Å². The molecule has 0 aromatic carbocycles. The number of rotatable bonds is 8. The molecule has 0 spiro atoms. The van der Waals surface area contributed by atoms with Crippen LogP contribution in [0.3, 0.4) is 0 Å². The lowest BCUT2D eigenvalue weighted by Crippen LogP contribution is -2.13. The lowest BCUT2D eigenvalue weighted by Gasteiger charge is -2.09. The predicted octanol–water partition coefficient (Wildman–Crippen LogP) is 3.72. The molecule has 0 aliphatic carbocycles. The van der Waals surface area contributed by atoms with Crippen molar-refractivity contribution in [3.05, 3.63) is 0 Å². The van der Waals surface area contributed by atoms with E-state index in [2.05, 4.69) is 6.92 Å². The summed E-state index contributed by atoms with van der Waals surface area (Å²) in [4.78, 5) is 0. The van der Waals surface area contributed by atoms with Crippen LogP contribution in [-0.2, 0) is 9.47 Å². The van der Waals surface area contributed by atoms with Crippen molar-refractivity contribution in [1.29, 1.82) is 0 Å². The van der Waals surface area contributed by atoms with Gasteiger partial charge in [-0.3, -0.25) is 0 Å². The largest absolute Gasteiger partial charge is 0.350 e. The van der Waals surface area contributed by atoms with Crippen molar-refractivity contribution in [3.63, 3.8) is 0 Å². The number of unbranched alkanes of at least 4 members (excludes halogenated alkanes) is 5. The van der Waals surface area contributed by atoms with E-state index in [0.717, 1.165) is 6.42 Å². The zero-order valence-corrected chi connectivity index (χ0v) is 10.5. The Hall–Kier alpha value is 0.210. The van der Waals surface area contributed by atoms with Gasteiger partial charge in [0, 0.05) is 0 Å². The van der Waals surface area contributed by atoms with Crippen LogP contribution in [-0.4, -0.2) is 24.9 Å². The predicted molar refractivity (Wildman–Crippen MR) is 63.3 cm³/mol. The van der Waals surface area contributed by atoms with Gasteiger partial charge in [-0.1, -0.05) is 39.0 Å². The van der Waals surface area contributed by atoms with Gasteiger partial charge in [-0.15, -0.1) is 11.6 Å². The number of hydrogen-bond donors (Lipinski definition) is 0. The summed E-state index contributed by atoms with van der Waals surface area (Å²) in [5.41, 5.74) is 0. The van der Waals surface area contributed by atoms with Crippen LogP contribution in [0, 0.1) is 0 Å². The second-order valence-corrected chi connectivity index (χ2v) is 4.54. The van der Waals surface area contributed by atoms with Crippen LogP contribution in [0.25, 0.3) is 0 Å². The van der Waals surface area contributed by atoms with Gasteiger partial charge < -0.3 is 9.47 Å². The molecule has 0 aromatic rings. The van der Waals surface area contributed by atoms with Crippen molar-refractivity contribution in [1.82, 2.24) is 0 Å². The number of halogens is 1. The Labute approximate surface area is 98.3 Å². The minimum atomic E-state index is 0.0138. The number of alkyl halides is 1. The van der Waals surface area contributed by atoms with Gasteiger partial charge in [0.2, 0.25) is 0 Å². The van der Waals surface area contributed by atoms with E-state index >= 15 is 0 Å². The van der Waals surface area contributed by atoms with Crippen LogP contribution in [0.1, 0.15) is 51.9 Å². The van der Waals surface area contributed by atoms with Gasteiger partial charge in [-0.25, -0.2) is 0 Å². The standard InChI is InChI=1S/C12H23ClO2/c1-2-3-4-5-6-7-8-12-14-10-11(9-13)15-12/h11-12H,2-10H2,1H3/t11-,12-/m0/s1. The van der Waals surface area contributed by atoms with E-state index in [4.69, 9.17) is 21.1 Å². The first-order chi connectivity index (χ1) is 7.36. The minimum Gasteiger partial charge on any atom is -0.350 e. The van der Waals surface area contributed by atoms with Gasteiger partial charge in [0.15, 0.2) is 6.29 Å². The molecule has 15 heavy (non-hydrogen) atoms. The summed E-state index contributed by atoms with van der Waals surface area (Å²) in [6, 6.07) is 0. The van der Waals surface area contributed by atoms with E-state index in [1.807, 2.05) is 0 Å². The van der Waals surface area contributed by atoms with Crippen LogP contribution in [0.5, 0.6) is 0 Å². The van der Waals surface area contributed by atoms with Gasteiger partial charge >= 0.3 is 0 Å². The zero-order valence-electron chi connectivity index (χ0n) is 9.71. The van der Waals surface area contributed by atoms with Crippen LogP contribution in [0.2, 0.25) is 0 Å². The molecule has 1 aliphatic rings. The maximum Gasteiger partial charge on any atom is 0.158 e. The summed E-state index contributed by atoms with van der Waals surface area (Å²) in [6.07, 6.45) is 9.07. The van der Waals surface area contributed by atoms with Crippen molar-refractivity contribution in [2.45, 2.75) is 64.3 Å².